The minimum Gasteiger partial charge on any atom is -0.354 e. The summed E-state index contributed by atoms with van der Waals surface area (Å²) in [6.07, 6.45) is -0.924. The Hall–Kier alpha value is -2.16. The molecule has 0 aliphatic heterocycles. The van der Waals surface area contributed by atoms with Crippen LogP contribution in [0.3, 0.4) is 0 Å². The Bertz CT molecular complexity index is 777. The number of alkyl halides is 3. The highest BCUT2D eigenvalue weighted by Crippen LogP contribution is 2.33. The molecule has 0 aliphatic rings. The van der Waals surface area contributed by atoms with Crippen molar-refractivity contribution in [3.63, 3.8) is 0 Å². The van der Waals surface area contributed by atoms with Crippen molar-refractivity contribution in [2.24, 2.45) is 0 Å². The van der Waals surface area contributed by atoms with Gasteiger partial charge in [0.2, 0.25) is 10.1 Å². The van der Waals surface area contributed by atoms with Gasteiger partial charge in [0.15, 0.2) is 0 Å². The van der Waals surface area contributed by atoms with E-state index in [9.17, 15) is 13.2 Å². The zero-order chi connectivity index (χ0) is 15.0. The monoisotopic (exact) mass is 313 g/mol. The molecule has 0 saturated carbocycles. The molecular weight excluding hydrogens is 303 g/mol. The summed E-state index contributed by atoms with van der Waals surface area (Å²) in [4.78, 5) is 4.29. The quantitative estimate of drug-likeness (QED) is 0.807. The molecule has 0 spiro atoms. The molecule has 9 heteroatoms. The van der Waals surface area contributed by atoms with Gasteiger partial charge in [-0.05, 0) is 18.6 Å². The van der Waals surface area contributed by atoms with E-state index in [1.54, 1.807) is 6.20 Å². The van der Waals surface area contributed by atoms with Gasteiger partial charge in [0.25, 0.3) is 0 Å². The van der Waals surface area contributed by atoms with Gasteiger partial charge in [-0.1, -0.05) is 17.4 Å². The van der Waals surface area contributed by atoms with E-state index in [0.717, 1.165) is 16.9 Å². The van der Waals surface area contributed by atoms with Gasteiger partial charge in [-0.25, -0.2) is 4.98 Å². The number of halogens is 3. The Balaban J connectivity index is 1.78. The smallest absolute Gasteiger partial charge is 0.354 e. The van der Waals surface area contributed by atoms with Gasteiger partial charge in [0.1, 0.15) is 5.65 Å². The van der Waals surface area contributed by atoms with Crippen LogP contribution in [0.15, 0.2) is 24.5 Å². The lowest BCUT2D eigenvalue weighted by Gasteiger charge is -2.03. The summed E-state index contributed by atoms with van der Waals surface area (Å²) in [6, 6.07) is 3.83. The number of aromatic nitrogens is 4. The molecule has 0 amide bonds. The topological polar surface area (TPSA) is 55.1 Å². The lowest BCUT2D eigenvalue weighted by molar-refractivity contribution is -0.138. The Labute approximate surface area is 121 Å². The second-order valence-corrected chi connectivity index (χ2v) is 5.38. The van der Waals surface area contributed by atoms with Crippen LogP contribution in [0.5, 0.6) is 0 Å². The van der Waals surface area contributed by atoms with Gasteiger partial charge in [-0.3, -0.25) is 0 Å². The minimum absolute atomic E-state index is 0.130. The van der Waals surface area contributed by atoms with E-state index < -0.39 is 11.2 Å². The molecule has 3 heterocycles. The van der Waals surface area contributed by atoms with Gasteiger partial charge < -0.3 is 9.72 Å². The number of imidazole rings is 1. The highest BCUT2D eigenvalue weighted by molar-refractivity contribution is 7.15. The summed E-state index contributed by atoms with van der Waals surface area (Å²) in [6.45, 7) is 2.26. The molecule has 0 aromatic carbocycles. The van der Waals surface area contributed by atoms with Crippen LogP contribution in [-0.2, 0) is 12.7 Å². The van der Waals surface area contributed by atoms with Crippen LogP contribution >= 0.6 is 11.3 Å². The highest BCUT2D eigenvalue weighted by Gasteiger charge is 2.35. The van der Waals surface area contributed by atoms with Crippen LogP contribution in [0.4, 0.5) is 18.3 Å². The van der Waals surface area contributed by atoms with E-state index in [2.05, 4.69) is 20.5 Å². The third kappa shape index (κ3) is 2.68. The molecule has 0 bridgehead atoms. The van der Waals surface area contributed by atoms with Gasteiger partial charge in [-0.15, -0.1) is 10.2 Å². The fourth-order valence-electron chi connectivity index (χ4n) is 1.91. The summed E-state index contributed by atoms with van der Waals surface area (Å²) < 4.78 is 39.2. The minimum atomic E-state index is -4.46. The van der Waals surface area contributed by atoms with E-state index in [0.29, 0.717) is 17.9 Å². The maximum Gasteiger partial charge on any atom is 0.445 e. The van der Waals surface area contributed by atoms with Crippen LogP contribution < -0.4 is 5.32 Å². The summed E-state index contributed by atoms with van der Waals surface area (Å²) in [5.41, 5.74) is 2.68. The highest BCUT2D eigenvalue weighted by atomic mass is 32.1. The first-order chi connectivity index (χ1) is 9.95. The molecule has 5 nitrogen and oxygen atoms in total. The van der Waals surface area contributed by atoms with Crippen molar-refractivity contribution >= 4 is 22.1 Å². The summed E-state index contributed by atoms with van der Waals surface area (Å²) in [5, 5.41) is 8.62. The maximum absolute atomic E-state index is 12.4. The fraction of sp³-hybridized carbons (Fsp3) is 0.250. The van der Waals surface area contributed by atoms with Crippen LogP contribution in [0.2, 0.25) is 0 Å². The van der Waals surface area contributed by atoms with Crippen molar-refractivity contribution in [2.75, 3.05) is 5.32 Å². The Morgan fingerprint density at radius 1 is 1.33 bits per heavy atom. The third-order valence-corrected chi connectivity index (χ3v) is 3.82. The molecule has 0 radical (unpaired) electrons. The van der Waals surface area contributed by atoms with E-state index in [1.165, 1.54) is 0 Å². The van der Waals surface area contributed by atoms with Crippen molar-refractivity contribution in [3.8, 4) is 0 Å². The standard InChI is InChI=1S/C12H10F3N5S/c1-7-3-2-4-20-8(5-16-9(7)20)6-17-11-19-18-10(21-11)12(13,14)15/h2-5H,6H2,1H3,(H,17,19). The molecule has 3 aromatic heterocycles. The van der Waals surface area contributed by atoms with Crippen LogP contribution in [-0.4, -0.2) is 19.6 Å². The largest absolute Gasteiger partial charge is 0.445 e. The predicted octanol–water partition coefficient (Wildman–Crippen LogP) is 3.13. The average molecular weight is 313 g/mol. The van der Waals surface area contributed by atoms with Gasteiger partial charge in [0.05, 0.1) is 18.4 Å². The zero-order valence-corrected chi connectivity index (χ0v) is 11.7. The summed E-state index contributed by atoms with van der Waals surface area (Å²) in [7, 11) is 0. The SMILES string of the molecule is Cc1cccn2c(CNc3nnc(C(F)(F)F)s3)cnc12. The van der Waals surface area contributed by atoms with Crippen molar-refractivity contribution in [2.45, 2.75) is 19.6 Å². The second kappa shape index (κ2) is 4.99. The van der Waals surface area contributed by atoms with Gasteiger partial charge in [-0.2, -0.15) is 13.2 Å². The van der Waals surface area contributed by atoms with Crippen LogP contribution in [0.25, 0.3) is 5.65 Å². The van der Waals surface area contributed by atoms with Gasteiger partial charge in [0, 0.05) is 6.20 Å². The Morgan fingerprint density at radius 3 is 2.86 bits per heavy atom. The van der Waals surface area contributed by atoms with Gasteiger partial charge >= 0.3 is 6.18 Å². The summed E-state index contributed by atoms with van der Waals surface area (Å²) in [5.74, 6) is 0. The first-order valence-corrected chi connectivity index (χ1v) is 6.83. The average Bonchev–Trinajstić information content (AvgIpc) is 3.03. The molecule has 0 atom stereocenters. The van der Waals surface area contributed by atoms with Crippen LogP contribution in [0.1, 0.15) is 16.3 Å². The Kier molecular flexibility index (Phi) is 3.28. The lowest BCUT2D eigenvalue weighted by Crippen LogP contribution is -2.03. The normalized spacial score (nSPS) is 12.0. The molecular formula is C12H10F3N5S. The number of aryl methyl sites for hydroxylation is 1. The number of nitrogens with one attached hydrogen (secondary N) is 1. The molecule has 110 valence electrons. The molecule has 21 heavy (non-hydrogen) atoms. The number of fused-ring (bicyclic) bond motifs is 1. The number of hydrogen-bond donors (Lipinski definition) is 1. The van der Waals surface area contributed by atoms with Crippen molar-refractivity contribution in [1.29, 1.82) is 0 Å². The second-order valence-electron chi connectivity index (χ2n) is 4.40. The molecule has 0 fully saturated rings. The number of hydrogen-bond acceptors (Lipinski definition) is 5. The third-order valence-electron chi connectivity index (χ3n) is 2.90. The van der Waals surface area contributed by atoms with E-state index in [1.807, 2.05) is 29.7 Å². The molecule has 0 unspecified atom stereocenters. The summed E-state index contributed by atoms with van der Waals surface area (Å²) >= 11 is 0.482. The lowest BCUT2D eigenvalue weighted by atomic mass is 10.3. The van der Waals surface area contributed by atoms with Crippen LogP contribution in [0, 0.1) is 6.92 Å². The van der Waals surface area contributed by atoms with Crippen molar-refractivity contribution < 1.29 is 13.2 Å². The number of anilines is 1. The van der Waals surface area contributed by atoms with Crippen molar-refractivity contribution in [3.05, 3.63) is 40.8 Å². The fourth-order valence-corrected chi connectivity index (χ4v) is 2.51. The molecule has 3 rings (SSSR count). The molecule has 3 aromatic rings. The molecule has 0 aliphatic carbocycles. The van der Waals surface area contributed by atoms with Crippen molar-refractivity contribution in [1.82, 2.24) is 19.6 Å². The Morgan fingerprint density at radius 2 is 2.14 bits per heavy atom. The van der Waals surface area contributed by atoms with E-state index in [-0.39, 0.29) is 5.13 Å². The number of nitrogens with zero attached hydrogens (tertiary/aromatic N) is 4. The first-order valence-electron chi connectivity index (χ1n) is 6.01. The molecule has 0 saturated heterocycles. The first kappa shape index (κ1) is 13.8. The number of pyridine rings is 1. The van der Waals surface area contributed by atoms with E-state index >= 15 is 0 Å². The number of rotatable bonds is 3. The molecule has 1 N–H and O–H groups in total. The maximum atomic E-state index is 12.4. The predicted molar refractivity (Wildman–Crippen MR) is 72.2 cm³/mol. The zero-order valence-electron chi connectivity index (χ0n) is 10.8. The van der Waals surface area contributed by atoms with E-state index in [4.69, 9.17) is 0 Å².